The van der Waals surface area contributed by atoms with Crippen molar-refractivity contribution in [2.75, 3.05) is 18.5 Å². The highest BCUT2D eigenvalue weighted by Crippen LogP contribution is 2.95. The second-order valence-electron chi connectivity index (χ2n) is 16.2. The van der Waals surface area contributed by atoms with Crippen LogP contribution in [0.5, 0.6) is 0 Å². The van der Waals surface area contributed by atoms with Gasteiger partial charge >= 0.3 is 11.9 Å². The molecule has 1 N–H and O–H groups in total. The van der Waals surface area contributed by atoms with E-state index < -0.39 is 0 Å². The zero-order valence-electron chi connectivity index (χ0n) is 25.6. The van der Waals surface area contributed by atoms with Crippen molar-refractivity contribution < 1.29 is 23.9 Å². The smallest absolute Gasteiger partial charge is 0.302 e. The highest BCUT2D eigenvalue weighted by Gasteiger charge is 2.90. The zero-order valence-corrected chi connectivity index (χ0v) is 25.6. The van der Waals surface area contributed by atoms with E-state index in [0.29, 0.717) is 59.6 Å². The van der Waals surface area contributed by atoms with Crippen LogP contribution >= 0.6 is 0 Å². The first-order valence-electron chi connectivity index (χ1n) is 16.8. The van der Waals surface area contributed by atoms with Crippen LogP contribution in [0.25, 0.3) is 0 Å². The minimum Gasteiger partial charge on any atom is -0.466 e. The molecule has 6 heteroatoms. The SMILES string of the molecule is CC(=O)Nc1ccc2c(c1)[C@@H]1C[C@H]2[C@@H]2[C@H]1[C@@]1(C)[C@@H]3[C@@H]4C[C@@H]([C@H]5[C@H]6CC[C@H]([C@@H](COC(C)=O)[C@@H]6COC(C)=O)[C@@H]45)[C@@H]3[C@@]21C. The van der Waals surface area contributed by atoms with E-state index in [1.807, 2.05) is 0 Å². The Bertz CT molecular complexity index is 1420. The largest absolute Gasteiger partial charge is 0.466 e. The molecule has 0 aromatic heterocycles. The monoisotopic (exact) mass is 571 g/mol. The van der Waals surface area contributed by atoms with Crippen molar-refractivity contribution in [3.63, 3.8) is 0 Å². The molecule has 0 heterocycles. The van der Waals surface area contributed by atoms with Gasteiger partial charge in [0.1, 0.15) is 0 Å². The van der Waals surface area contributed by atoms with Crippen molar-refractivity contribution in [2.24, 2.45) is 81.8 Å². The van der Waals surface area contributed by atoms with Gasteiger partial charge in [0.05, 0.1) is 13.2 Å². The van der Waals surface area contributed by atoms with Crippen LogP contribution in [0.1, 0.15) is 83.3 Å². The van der Waals surface area contributed by atoms with Crippen LogP contribution in [0.4, 0.5) is 5.69 Å². The highest BCUT2D eigenvalue weighted by molar-refractivity contribution is 5.89. The maximum absolute atomic E-state index is 11.9. The summed E-state index contributed by atoms with van der Waals surface area (Å²) in [6, 6.07) is 6.75. The summed E-state index contributed by atoms with van der Waals surface area (Å²) in [4.78, 5) is 35.6. The molecule has 8 saturated carbocycles. The van der Waals surface area contributed by atoms with E-state index >= 15 is 0 Å². The Morgan fingerprint density at radius 3 is 1.76 bits per heavy atom. The van der Waals surface area contributed by atoms with E-state index in [0.717, 1.165) is 53.0 Å². The molecule has 1 aromatic rings. The van der Waals surface area contributed by atoms with E-state index in [1.54, 1.807) is 12.5 Å². The standard InChI is InChI=1S/C36H45NO5/c1-15(38)37-18-6-7-19-22(10-18)24-11-23(19)31-32(24)36(5)34-26-12-25(33(34)35(31,36)4)29-20-8-9-21(30(26)29)28(14-42-17(3)40)27(20)13-41-16(2)39/h6-7,10,20-21,23-34H,8-9,11-14H2,1-5H3,(H,37,38)/t20-,21+,23+,24-,25-,26+,27+,28+,29+,30-,31+,32-,33-,34+,35+,36-/m0/s1. The van der Waals surface area contributed by atoms with Gasteiger partial charge in [0.2, 0.25) is 5.91 Å². The number of fused-ring (bicyclic) bond motifs is 20. The molecule has 9 aliphatic rings. The molecule has 1 amide bonds. The number of carbonyl (C=O) groups excluding carboxylic acids is 3. The van der Waals surface area contributed by atoms with Crippen LogP contribution in [0, 0.1) is 81.8 Å². The fourth-order valence-corrected chi connectivity index (χ4v) is 15.2. The van der Waals surface area contributed by atoms with Gasteiger partial charge in [-0.2, -0.15) is 0 Å². The molecule has 0 spiro atoms. The lowest BCUT2D eigenvalue weighted by Gasteiger charge is -2.85. The predicted octanol–water partition coefficient (Wildman–Crippen LogP) is 6.01. The Labute approximate surface area is 249 Å². The molecular formula is C36H45NO5. The van der Waals surface area contributed by atoms with E-state index in [9.17, 15) is 14.4 Å². The number of ether oxygens (including phenoxy) is 2. The average Bonchev–Trinajstić information content (AvgIpc) is 3.71. The summed E-state index contributed by atoms with van der Waals surface area (Å²) >= 11 is 0. The lowest BCUT2D eigenvalue weighted by molar-refractivity contribution is -0.378. The summed E-state index contributed by atoms with van der Waals surface area (Å²) < 4.78 is 11.4. The maximum Gasteiger partial charge on any atom is 0.302 e. The van der Waals surface area contributed by atoms with Gasteiger partial charge in [-0.1, -0.05) is 19.9 Å². The lowest BCUT2D eigenvalue weighted by Crippen LogP contribution is -2.81. The molecule has 6 bridgehead atoms. The molecule has 16 atom stereocenters. The molecule has 10 rings (SSSR count). The number of amides is 1. The number of hydrogen-bond acceptors (Lipinski definition) is 5. The topological polar surface area (TPSA) is 81.7 Å². The third-order valence-electron chi connectivity index (χ3n) is 15.6. The van der Waals surface area contributed by atoms with Crippen molar-refractivity contribution in [1.29, 1.82) is 0 Å². The van der Waals surface area contributed by atoms with Gasteiger partial charge in [-0.3, -0.25) is 14.4 Å². The number of hydrogen-bond donors (Lipinski definition) is 1. The summed E-state index contributed by atoms with van der Waals surface area (Å²) in [5.41, 5.74) is 4.85. The van der Waals surface area contributed by atoms with Gasteiger partial charge in [0.15, 0.2) is 0 Å². The van der Waals surface area contributed by atoms with E-state index in [4.69, 9.17) is 9.47 Å². The number of carbonyl (C=O) groups is 3. The van der Waals surface area contributed by atoms with Gasteiger partial charge in [0.25, 0.3) is 0 Å². The molecule has 0 saturated heterocycles. The Morgan fingerprint density at radius 2 is 1.26 bits per heavy atom. The van der Waals surface area contributed by atoms with Crippen molar-refractivity contribution in [1.82, 2.24) is 0 Å². The molecule has 9 aliphatic carbocycles. The number of rotatable bonds is 5. The maximum atomic E-state index is 11.9. The van der Waals surface area contributed by atoms with Crippen molar-refractivity contribution in [2.45, 2.75) is 72.1 Å². The molecule has 8 fully saturated rings. The highest BCUT2D eigenvalue weighted by atomic mass is 16.5. The van der Waals surface area contributed by atoms with E-state index in [2.05, 4.69) is 37.4 Å². The normalized spacial score (nSPS) is 52.2. The minimum absolute atomic E-state index is 0.00131. The number of nitrogens with one attached hydrogen (secondary N) is 1. The van der Waals surface area contributed by atoms with Gasteiger partial charge in [-0.05, 0) is 131 Å². The van der Waals surface area contributed by atoms with Crippen molar-refractivity contribution in [3.8, 4) is 0 Å². The molecular weight excluding hydrogens is 526 g/mol. The van der Waals surface area contributed by atoms with Gasteiger partial charge in [-0.25, -0.2) is 0 Å². The lowest BCUT2D eigenvalue weighted by atomic mass is 9.18. The van der Waals surface area contributed by atoms with Crippen LogP contribution in [0.15, 0.2) is 18.2 Å². The van der Waals surface area contributed by atoms with Crippen LogP contribution < -0.4 is 5.32 Å². The summed E-state index contributed by atoms with van der Waals surface area (Å²) in [5.74, 6) is 8.94. The van der Waals surface area contributed by atoms with Gasteiger partial charge in [0, 0.05) is 38.3 Å². The first-order chi connectivity index (χ1) is 20.1. The van der Waals surface area contributed by atoms with E-state index in [-0.39, 0.29) is 17.8 Å². The van der Waals surface area contributed by atoms with Gasteiger partial charge in [-0.15, -0.1) is 0 Å². The third-order valence-corrected chi connectivity index (χ3v) is 15.6. The van der Waals surface area contributed by atoms with E-state index in [1.165, 1.54) is 45.1 Å². The fraction of sp³-hybridized carbons (Fsp3) is 0.750. The molecule has 224 valence electrons. The summed E-state index contributed by atoms with van der Waals surface area (Å²) in [7, 11) is 0. The quantitative estimate of drug-likeness (QED) is 0.346. The van der Waals surface area contributed by atoms with Crippen LogP contribution in [0.3, 0.4) is 0 Å². The predicted molar refractivity (Wildman–Crippen MR) is 156 cm³/mol. The Hall–Kier alpha value is -2.37. The first kappa shape index (κ1) is 26.1. The Kier molecular flexibility index (Phi) is 5.10. The molecule has 0 unspecified atom stereocenters. The molecule has 0 radical (unpaired) electrons. The average molecular weight is 572 g/mol. The second kappa shape index (κ2) is 8.21. The summed E-state index contributed by atoms with van der Waals surface area (Å²) in [5, 5.41) is 3.04. The minimum atomic E-state index is -0.201. The van der Waals surface area contributed by atoms with Crippen LogP contribution in [-0.4, -0.2) is 31.1 Å². The van der Waals surface area contributed by atoms with Crippen molar-refractivity contribution in [3.05, 3.63) is 29.3 Å². The number of benzene rings is 1. The Balaban J connectivity index is 1.05. The van der Waals surface area contributed by atoms with Crippen LogP contribution in [-0.2, 0) is 23.9 Å². The van der Waals surface area contributed by atoms with Crippen LogP contribution in [0.2, 0.25) is 0 Å². The van der Waals surface area contributed by atoms with Gasteiger partial charge < -0.3 is 14.8 Å². The molecule has 42 heavy (non-hydrogen) atoms. The Morgan fingerprint density at radius 1 is 0.738 bits per heavy atom. The number of esters is 2. The molecule has 1 aromatic carbocycles. The summed E-state index contributed by atoms with van der Waals surface area (Å²) in [6.45, 7) is 11.0. The third kappa shape index (κ3) is 2.79. The second-order valence-corrected chi connectivity index (χ2v) is 16.2. The van der Waals surface area contributed by atoms with Crippen molar-refractivity contribution >= 4 is 23.5 Å². The number of anilines is 1. The fourth-order valence-electron chi connectivity index (χ4n) is 15.2. The molecule has 0 aliphatic heterocycles. The molecule has 6 nitrogen and oxygen atoms in total. The zero-order chi connectivity index (χ0) is 29.0. The first-order valence-corrected chi connectivity index (χ1v) is 16.8. The summed E-state index contributed by atoms with van der Waals surface area (Å²) in [6.07, 6.45) is 5.15.